The molecular formula is C13H13F3N3O3+. The zero-order valence-electron chi connectivity index (χ0n) is 12.0. The molecule has 9 heteroatoms. The van der Waals surface area contributed by atoms with Gasteiger partial charge < -0.3 is 5.32 Å². The Hall–Kier alpha value is -2.45. The molecule has 0 aromatic heterocycles. The van der Waals surface area contributed by atoms with E-state index < -0.39 is 34.9 Å². The molecule has 1 aliphatic rings. The van der Waals surface area contributed by atoms with E-state index in [1.54, 1.807) is 0 Å². The maximum atomic E-state index is 13.1. The van der Waals surface area contributed by atoms with Crippen molar-refractivity contribution >= 4 is 23.3 Å². The van der Waals surface area contributed by atoms with Gasteiger partial charge in [0.25, 0.3) is 11.6 Å². The van der Waals surface area contributed by atoms with Crippen molar-refractivity contribution in [3.05, 3.63) is 28.7 Å². The minimum absolute atomic E-state index is 0.0718. The molecule has 1 N–H and O–H groups in total. The normalized spacial score (nSPS) is 17.6. The fourth-order valence-corrected chi connectivity index (χ4v) is 2.15. The Bertz CT molecular complexity index is 683. The summed E-state index contributed by atoms with van der Waals surface area (Å²) in [6, 6.07) is 1.85. The SMILES string of the molecule is C[N+](=O)c1ccc(N2C(=O)NC(C)(C)C2=O)cc1C(F)(F)F. The van der Waals surface area contributed by atoms with Gasteiger partial charge in [0.15, 0.2) is 7.05 Å². The predicted molar refractivity (Wildman–Crippen MR) is 70.8 cm³/mol. The summed E-state index contributed by atoms with van der Waals surface area (Å²) in [6.45, 7) is 2.88. The van der Waals surface area contributed by atoms with E-state index in [4.69, 9.17) is 0 Å². The van der Waals surface area contributed by atoms with Crippen LogP contribution in [0.4, 0.5) is 29.3 Å². The number of nitroso groups, excluding NO2 is 1. The van der Waals surface area contributed by atoms with Crippen LogP contribution in [0.2, 0.25) is 0 Å². The van der Waals surface area contributed by atoms with Crippen LogP contribution < -0.4 is 10.2 Å². The topological polar surface area (TPSA) is 69.5 Å². The zero-order valence-corrected chi connectivity index (χ0v) is 12.0. The van der Waals surface area contributed by atoms with Crippen molar-refractivity contribution in [3.8, 4) is 0 Å². The molecule has 0 spiro atoms. The molecule has 1 aromatic carbocycles. The van der Waals surface area contributed by atoms with Gasteiger partial charge in [0.1, 0.15) is 11.1 Å². The predicted octanol–water partition coefficient (Wildman–Crippen LogP) is 2.58. The number of nitrogens with one attached hydrogen (secondary N) is 1. The van der Waals surface area contributed by atoms with E-state index in [1.807, 2.05) is 0 Å². The van der Waals surface area contributed by atoms with Gasteiger partial charge in [0, 0.05) is 15.7 Å². The van der Waals surface area contributed by atoms with E-state index in [1.165, 1.54) is 13.8 Å². The van der Waals surface area contributed by atoms with Gasteiger partial charge in [0.2, 0.25) is 0 Å². The Balaban J connectivity index is 2.57. The van der Waals surface area contributed by atoms with E-state index >= 15 is 0 Å². The molecule has 1 aromatic rings. The number of halogens is 3. The van der Waals surface area contributed by atoms with Crippen molar-refractivity contribution in [2.45, 2.75) is 25.6 Å². The third-order valence-corrected chi connectivity index (χ3v) is 3.24. The van der Waals surface area contributed by atoms with E-state index in [0.29, 0.717) is 11.0 Å². The van der Waals surface area contributed by atoms with Gasteiger partial charge in [0.05, 0.1) is 5.69 Å². The summed E-state index contributed by atoms with van der Waals surface area (Å²) in [4.78, 5) is 35.8. The lowest BCUT2D eigenvalue weighted by atomic mass is 10.1. The fraction of sp³-hybridized carbons (Fsp3) is 0.385. The average Bonchev–Trinajstić information content (AvgIpc) is 2.56. The number of benzene rings is 1. The number of hydrogen-bond acceptors (Lipinski definition) is 3. The molecule has 3 amide bonds. The summed E-state index contributed by atoms with van der Waals surface area (Å²) < 4.78 is 39.2. The molecule has 2 rings (SSSR count). The van der Waals surface area contributed by atoms with Gasteiger partial charge in [-0.2, -0.15) is 13.2 Å². The number of carbonyl (C=O) groups is 2. The summed E-state index contributed by atoms with van der Waals surface area (Å²) >= 11 is 0. The molecule has 22 heavy (non-hydrogen) atoms. The number of hydrogen-bond donors (Lipinski definition) is 1. The number of urea groups is 1. The molecule has 0 atom stereocenters. The van der Waals surface area contributed by atoms with Crippen LogP contribution in [0.25, 0.3) is 0 Å². The Kier molecular flexibility index (Phi) is 3.47. The third kappa shape index (κ3) is 2.53. The van der Waals surface area contributed by atoms with Gasteiger partial charge in [-0.1, -0.05) is 0 Å². The monoisotopic (exact) mass is 316 g/mol. The molecular weight excluding hydrogens is 303 g/mol. The molecule has 0 aliphatic carbocycles. The molecule has 0 radical (unpaired) electrons. The maximum absolute atomic E-state index is 13.1. The standard InChI is InChI=1S/C13H12F3N3O3/c1-12(2)10(20)19(11(21)17-12)7-4-5-9(18(3)22)8(6-7)13(14,15)16/h4-6H,1-3H3/p+1. The second-order valence-electron chi connectivity index (χ2n) is 5.39. The minimum Gasteiger partial charge on any atom is -0.323 e. The first-order chi connectivity index (χ1) is 9.95. The average molecular weight is 316 g/mol. The summed E-state index contributed by atoms with van der Waals surface area (Å²) in [5.74, 6) is -0.672. The van der Waals surface area contributed by atoms with Crippen LogP contribution >= 0.6 is 0 Å². The minimum atomic E-state index is -4.79. The number of alkyl halides is 3. The van der Waals surface area contributed by atoms with Crippen LogP contribution in [0.15, 0.2) is 18.2 Å². The first-order valence-corrected chi connectivity index (χ1v) is 6.24. The summed E-state index contributed by atoms with van der Waals surface area (Å²) in [5, 5.41) is 2.37. The number of carbonyl (C=O) groups excluding carboxylic acids is 2. The van der Waals surface area contributed by atoms with E-state index in [0.717, 1.165) is 19.2 Å². The lowest BCUT2D eigenvalue weighted by molar-refractivity contribution is -0.430. The molecule has 6 nitrogen and oxygen atoms in total. The second-order valence-corrected chi connectivity index (χ2v) is 5.39. The molecule has 0 bridgehead atoms. The molecule has 1 aliphatic heterocycles. The summed E-state index contributed by atoms with van der Waals surface area (Å²) in [5.41, 5.74) is -3.26. The number of rotatable bonds is 2. The quantitative estimate of drug-likeness (QED) is 0.673. The highest BCUT2D eigenvalue weighted by molar-refractivity contribution is 6.23. The molecule has 118 valence electrons. The van der Waals surface area contributed by atoms with Crippen LogP contribution in [0.5, 0.6) is 0 Å². The van der Waals surface area contributed by atoms with Crippen LogP contribution in [0, 0.1) is 4.91 Å². The summed E-state index contributed by atoms with van der Waals surface area (Å²) in [7, 11) is 0.932. The van der Waals surface area contributed by atoms with Crippen molar-refractivity contribution < 1.29 is 27.5 Å². The number of nitrogens with zero attached hydrogens (tertiary/aromatic N) is 2. The Morgan fingerprint density at radius 1 is 1.23 bits per heavy atom. The Morgan fingerprint density at radius 2 is 1.82 bits per heavy atom. The van der Waals surface area contributed by atoms with E-state index in [2.05, 4.69) is 5.32 Å². The lowest BCUT2D eigenvalue weighted by Gasteiger charge is -2.17. The molecule has 0 saturated carbocycles. The number of anilines is 1. The smallest absolute Gasteiger partial charge is 0.323 e. The first-order valence-electron chi connectivity index (χ1n) is 6.24. The largest absolute Gasteiger partial charge is 0.423 e. The van der Waals surface area contributed by atoms with E-state index in [-0.39, 0.29) is 10.4 Å². The molecule has 1 saturated heterocycles. The first kappa shape index (κ1) is 15.9. The third-order valence-electron chi connectivity index (χ3n) is 3.24. The van der Waals surface area contributed by atoms with Crippen LogP contribution in [0.1, 0.15) is 19.4 Å². The second kappa shape index (κ2) is 4.79. The van der Waals surface area contributed by atoms with Crippen LogP contribution in [-0.4, -0.2) is 29.3 Å². The zero-order chi connectivity index (χ0) is 16.9. The van der Waals surface area contributed by atoms with Crippen molar-refractivity contribution in [2.24, 2.45) is 0 Å². The lowest BCUT2D eigenvalue weighted by Crippen LogP contribution is -2.40. The number of imide groups is 1. The van der Waals surface area contributed by atoms with Crippen LogP contribution in [-0.2, 0) is 11.0 Å². The Labute approximate surface area is 123 Å². The number of amides is 3. The molecule has 1 fully saturated rings. The highest BCUT2D eigenvalue weighted by atomic mass is 19.4. The molecule has 1 heterocycles. The van der Waals surface area contributed by atoms with Crippen molar-refractivity contribution in [1.82, 2.24) is 5.32 Å². The van der Waals surface area contributed by atoms with Crippen molar-refractivity contribution in [3.63, 3.8) is 0 Å². The van der Waals surface area contributed by atoms with Gasteiger partial charge in [-0.25, -0.2) is 9.69 Å². The van der Waals surface area contributed by atoms with Gasteiger partial charge in [-0.05, 0) is 26.0 Å². The van der Waals surface area contributed by atoms with Gasteiger partial charge in [-0.3, -0.25) is 4.79 Å². The molecule has 0 unspecified atom stereocenters. The van der Waals surface area contributed by atoms with Gasteiger partial charge in [-0.15, -0.1) is 0 Å². The fourth-order valence-electron chi connectivity index (χ4n) is 2.15. The summed E-state index contributed by atoms with van der Waals surface area (Å²) in [6.07, 6.45) is -4.79. The van der Waals surface area contributed by atoms with Crippen molar-refractivity contribution in [1.29, 1.82) is 0 Å². The Morgan fingerprint density at radius 3 is 2.23 bits per heavy atom. The van der Waals surface area contributed by atoms with Crippen LogP contribution in [0.3, 0.4) is 0 Å². The maximum Gasteiger partial charge on any atom is 0.423 e. The van der Waals surface area contributed by atoms with Gasteiger partial charge >= 0.3 is 12.2 Å². The highest BCUT2D eigenvalue weighted by Crippen LogP contribution is 2.39. The van der Waals surface area contributed by atoms with E-state index in [9.17, 15) is 27.7 Å². The highest BCUT2D eigenvalue weighted by Gasteiger charge is 2.46. The van der Waals surface area contributed by atoms with Crippen molar-refractivity contribution in [2.75, 3.05) is 11.9 Å².